The van der Waals surface area contributed by atoms with Gasteiger partial charge in [0.15, 0.2) is 5.78 Å². The van der Waals surface area contributed by atoms with Gasteiger partial charge in [0, 0.05) is 19.6 Å². The van der Waals surface area contributed by atoms with Crippen molar-refractivity contribution in [1.82, 2.24) is 15.0 Å². The average molecular weight is 251 g/mol. The van der Waals surface area contributed by atoms with Gasteiger partial charge in [0.2, 0.25) is 0 Å². The quantitative estimate of drug-likeness (QED) is 0.727. The highest BCUT2D eigenvalue weighted by molar-refractivity contribution is 5.94. The maximum atomic E-state index is 12.1. The lowest BCUT2D eigenvalue weighted by Crippen LogP contribution is -2.20. The summed E-state index contributed by atoms with van der Waals surface area (Å²) >= 11 is 0. The van der Waals surface area contributed by atoms with Crippen molar-refractivity contribution in [1.29, 1.82) is 0 Å². The van der Waals surface area contributed by atoms with Crippen molar-refractivity contribution in [2.45, 2.75) is 58.1 Å². The molecule has 0 bridgehead atoms. The molecule has 1 unspecified atom stereocenters. The van der Waals surface area contributed by atoms with E-state index in [9.17, 15) is 4.79 Å². The van der Waals surface area contributed by atoms with E-state index in [0.717, 1.165) is 38.8 Å². The number of carbonyl (C=O) groups is 1. The lowest BCUT2D eigenvalue weighted by Gasteiger charge is -2.22. The van der Waals surface area contributed by atoms with Crippen molar-refractivity contribution >= 4 is 5.78 Å². The molecule has 2 heterocycles. The summed E-state index contributed by atoms with van der Waals surface area (Å²) < 4.78 is 7.33. The summed E-state index contributed by atoms with van der Waals surface area (Å²) in [6, 6.07) is 0. The summed E-state index contributed by atoms with van der Waals surface area (Å²) in [5, 5.41) is 7.75. The zero-order valence-corrected chi connectivity index (χ0v) is 11.0. The molecular weight excluding hydrogens is 230 g/mol. The van der Waals surface area contributed by atoms with Gasteiger partial charge in [-0.15, -0.1) is 5.10 Å². The number of nitrogens with zero attached hydrogens (tertiary/aromatic N) is 3. The van der Waals surface area contributed by atoms with E-state index in [1.165, 1.54) is 6.42 Å². The molecule has 5 heteroatoms. The Labute approximate surface area is 108 Å². The van der Waals surface area contributed by atoms with Gasteiger partial charge < -0.3 is 4.74 Å². The van der Waals surface area contributed by atoms with Crippen molar-refractivity contribution in [2.24, 2.45) is 0 Å². The van der Waals surface area contributed by atoms with E-state index >= 15 is 0 Å². The van der Waals surface area contributed by atoms with Gasteiger partial charge in [-0.1, -0.05) is 12.1 Å². The molecule has 100 valence electrons. The molecule has 1 aromatic heterocycles. The van der Waals surface area contributed by atoms with Gasteiger partial charge in [-0.2, -0.15) is 0 Å². The number of ether oxygens (including phenoxy) is 1. The minimum Gasteiger partial charge on any atom is -0.378 e. The fourth-order valence-corrected chi connectivity index (χ4v) is 2.31. The number of hydrogen-bond acceptors (Lipinski definition) is 4. The van der Waals surface area contributed by atoms with Gasteiger partial charge >= 0.3 is 0 Å². The molecule has 1 aliphatic rings. The Balaban J connectivity index is 1.84. The van der Waals surface area contributed by atoms with Crippen molar-refractivity contribution in [2.75, 3.05) is 6.61 Å². The van der Waals surface area contributed by atoms with Gasteiger partial charge in [0.05, 0.1) is 12.3 Å². The first-order chi connectivity index (χ1) is 8.81. The molecule has 0 spiro atoms. The van der Waals surface area contributed by atoms with Crippen LogP contribution in [0.3, 0.4) is 0 Å². The van der Waals surface area contributed by atoms with Crippen LogP contribution >= 0.6 is 0 Å². The third kappa shape index (κ3) is 3.38. The summed E-state index contributed by atoms with van der Waals surface area (Å²) in [5.41, 5.74) is 0.632. The normalized spacial score (nSPS) is 19.9. The number of hydrogen-bond donors (Lipinski definition) is 0. The third-order valence-corrected chi connectivity index (χ3v) is 3.31. The van der Waals surface area contributed by atoms with Crippen LogP contribution in [0.4, 0.5) is 0 Å². The summed E-state index contributed by atoms with van der Waals surface area (Å²) in [6.07, 6.45) is 7.58. The van der Waals surface area contributed by atoms with Crippen LogP contribution in [-0.4, -0.2) is 33.5 Å². The standard InChI is InChI=1S/C13H21N3O2/c1-2-8-16-12(10-14-15-16)13(17)7-6-11-5-3-4-9-18-11/h10-11H,2-9H2,1H3. The number of aryl methyl sites for hydroxylation is 1. The second kappa shape index (κ2) is 6.64. The van der Waals surface area contributed by atoms with Crippen LogP contribution < -0.4 is 0 Å². The fraction of sp³-hybridized carbons (Fsp3) is 0.769. The summed E-state index contributed by atoms with van der Waals surface area (Å²) in [7, 11) is 0. The summed E-state index contributed by atoms with van der Waals surface area (Å²) in [5.74, 6) is 0.127. The number of rotatable bonds is 6. The van der Waals surface area contributed by atoms with Crippen molar-refractivity contribution in [3.05, 3.63) is 11.9 Å². The molecule has 0 N–H and O–H groups in total. The highest BCUT2D eigenvalue weighted by atomic mass is 16.5. The van der Waals surface area contributed by atoms with E-state index < -0.39 is 0 Å². The molecule has 1 atom stereocenters. The Morgan fingerprint density at radius 1 is 1.56 bits per heavy atom. The Hall–Kier alpha value is -1.23. The maximum absolute atomic E-state index is 12.1. The minimum atomic E-state index is 0.127. The van der Waals surface area contributed by atoms with E-state index in [-0.39, 0.29) is 11.9 Å². The average Bonchev–Trinajstić information content (AvgIpc) is 2.86. The first-order valence-electron chi connectivity index (χ1n) is 6.84. The number of ketones is 1. The molecule has 1 aliphatic heterocycles. The highest BCUT2D eigenvalue weighted by Gasteiger charge is 2.18. The predicted molar refractivity (Wildman–Crippen MR) is 67.5 cm³/mol. The lowest BCUT2D eigenvalue weighted by molar-refractivity contribution is 0.0104. The van der Waals surface area contributed by atoms with Crippen molar-refractivity contribution < 1.29 is 9.53 Å². The van der Waals surface area contributed by atoms with Gasteiger partial charge in [0.25, 0.3) is 0 Å². The molecule has 2 rings (SSSR count). The fourth-order valence-electron chi connectivity index (χ4n) is 2.31. The van der Waals surface area contributed by atoms with E-state index in [1.54, 1.807) is 10.9 Å². The molecule has 0 aliphatic carbocycles. The monoisotopic (exact) mass is 251 g/mol. The van der Waals surface area contributed by atoms with Crippen LogP contribution in [0.2, 0.25) is 0 Å². The van der Waals surface area contributed by atoms with Gasteiger partial charge in [-0.25, -0.2) is 4.68 Å². The first-order valence-corrected chi connectivity index (χ1v) is 6.84. The van der Waals surface area contributed by atoms with Crippen LogP contribution in [0.25, 0.3) is 0 Å². The maximum Gasteiger partial charge on any atom is 0.182 e. The van der Waals surface area contributed by atoms with Crippen LogP contribution in [-0.2, 0) is 11.3 Å². The molecule has 1 aromatic rings. The first kappa shape index (κ1) is 13.2. The Bertz CT molecular complexity index is 383. The Morgan fingerprint density at radius 3 is 3.17 bits per heavy atom. The topological polar surface area (TPSA) is 57.0 Å². The molecule has 5 nitrogen and oxygen atoms in total. The van der Waals surface area contributed by atoms with Crippen LogP contribution in [0.5, 0.6) is 0 Å². The van der Waals surface area contributed by atoms with Gasteiger partial charge in [0.1, 0.15) is 5.69 Å². The van der Waals surface area contributed by atoms with E-state index in [4.69, 9.17) is 4.74 Å². The third-order valence-electron chi connectivity index (χ3n) is 3.31. The van der Waals surface area contributed by atoms with Crippen LogP contribution in [0.1, 0.15) is 55.9 Å². The van der Waals surface area contributed by atoms with Crippen LogP contribution in [0, 0.1) is 0 Å². The molecule has 0 amide bonds. The summed E-state index contributed by atoms with van der Waals surface area (Å²) in [4.78, 5) is 12.1. The highest BCUT2D eigenvalue weighted by Crippen LogP contribution is 2.18. The lowest BCUT2D eigenvalue weighted by atomic mass is 10.0. The zero-order valence-electron chi connectivity index (χ0n) is 11.0. The van der Waals surface area contributed by atoms with Crippen molar-refractivity contribution in [3.8, 4) is 0 Å². The molecular formula is C13H21N3O2. The number of Topliss-reactive ketones (excluding diaryl/α,β-unsaturated/α-hetero) is 1. The molecule has 1 saturated heterocycles. The Morgan fingerprint density at radius 2 is 2.44 bits per heavy atom. The SMILES string of the molecule is CCCn1nncc1C(=O)CCC1CCCCO1. The molecule has 0 aromatic carbocycles. The van der Waals surface area contributed by atoms with Crippen molar-refractivity contribution in [3.63, 3.8) is 0 Å². The molecule has 0 radical (unpaired) electrons. The predicted octanol–water partition coefficient (Wildman–Crippen LogP) is 2.22. The second-order valence-corrected chi connectivity index (χ2v) is 4.79. The second-order valence-electron chi connectivity index (χ2n) is 4.79. The smallest absolute Gasteiger partial charge is 0.182 e. The minimum absolute atomic E-state index is 0.127. The Kier molecular flexibility index (Phi) is 4.87. The van der Waals surface area contributed by atoms with E-state index in [1.807, 2.05) is 0 Å². The molecule has 18 heavy (non-hydrogen) atoms. The van der Waals surface area contributed by atoms with Gasteiger partial charge in [-0.05, 0) is 32.1 Å². The van der Waals surface area contributed by atoms with E-state index in [0.29, 0.717) is 12.1 Å². The zero-order chi connectivity index (χ0) is 12.8. The summed E-state index contributed by atoms with van der Waals surface area (Å²) in [6.45, 7) is 3.65. The molecule has 1 fully saturated rings. The number of aromatic nitrogens is 3. The largest absolute Gasteiger partial charge is 0.378 e. The van der Waals surface area contributed by atoms with Gasteiger partial charge in [-0.3, -0.25) is 4.79 Å². The van der Waals surface area contributed by atoms with Crippen LogP contribution in [0.15, 0.2) is 6.20 Å². The number of carbonyl (C=O) groups excluding carboxylic acids is 1. The van der Waals surface area contributed by atoms with E-state index in [2.05, 4.69) is 17.2 Å². The molecule has 0 saturated carbocycles.